The second-order valence-corrected chi connectivity index (χ2v) is 3.46. The Morgan fingerprint density at radius 3 is 2.56 bits per heavy atom. The molecule has 90 valence electrons. The van der Waals surface area contributed by atoms with Gasteiger partial charge in [-0.2, -0.15) is 0 Å². The third-order valence-electron chi connectivity index (χ3n) is 1.26. The molecule has 0 radical (unpaired) electrons. The van der Waals surface area contributed by atoms with E-state index in [1.54, 1.807) is 5.38 Å². The van der Waals surface area contributed by atoms with Crippen LogP contribution in [0.4, 0.5) is 5.13 Å². The van der Waals surface area contributed by atoms with Gasteiger partial charge in [-0.3, -0.25) is 9.59 Å². The molecule has 1 amide bonds. The largest absolute Gasteiger partial charge is 0.459 e. The van der Waals surface area contributed by atoms with E-state index in [-0.39, 0.29) is 18.5 Å². The number of hydrogen-bond acceptors (Lipinski definition) is 5. The van der Waals surface area contributed by atoms with Crippen LogP contribution in [0.2, 0.25) is 0 Å². The molecule has 0 spiro atoms. The van der Waals surface area contributed by atoms with E-state index in [1.165, 1.54) is 25.2 Å². The molecule has 1 aromatic rings. The summed E-state index contributed by atoms with van der Waals surface area (Å²) in [5, 5.41) is 4.78. The summed E-state index contributed by atoms with van der Waals surface area (Å²) < 4.78 is 4.74. The van der Waals surface area contributed by atoms with Gasteiger partial charge >= 0.3 is 5.97 Å². The van der Waals surface area contributed by atoms with Crippen molar-refractivity contribution in [3.63, 3.8) is 0 Å². The fraction of sp³-hybridized carbons (Fsp3) is 0.500. The molecule has 0 atom stereocenters. The first-order chi connectivity index (χ1) is 7.58. The normalized spacial score (nSPS) is 8.75. The molecule has 0 saturated heterocycles. The van der Waals surface area contributed by atoms with Gasteiger partial charge in [0.25, 0.3) is 0 Å². The van der Waals surface area contributed by atoms with Crippen LogP contribution in [0.5, 0.6) is 0 Å². The summed E-state index contributed by atoms with van der Waals surface area (Å²) >= 11 is 1.30. The number of nitrogens with zero attached hydrogens (tertiary/aromatic N) is 1. The number of esters is 1. The Labute approximate surface area is 98.8 Å². The van der Waals surface area contributed by atoms with Gasteiger partial charge < -0.3 is 10.1 Å². The van der Waals surface area contributed by atoms with Crippen molar-refractivity contribution in [3.05, 3.63) is 11.1 Å². The number of ether oxygens (including phenoxy) is 1. The van der Waals surface area contributed by atoms with Crippen molar-refractivity contribution in [1.82, 2.24) is 4.98 Å². The van der Waals surface area contributed by atoms with Crippen molar-refractivity contribution in [2.24, 2.45) is 0 Å². The van der Waals surface area contributed by atoms with E-state index in [4.69, 9.17) is 4.74 Å². The zero-order valence-electron chi connectivity index (χ0n) is 9.86. The molecule has 1 N–H and O–H groups in total. The summed E-state index contributed by atoms with van der Waals surface area (Å²) in [5.74, 6) is -0.516. The molecular weight excluding hydrogens is 228 g/mol. The predicted molar refractivity (Wildman–Crippen MR) is 63.2 cm³/mol. The number of hydrogen-bond donors (Lipinski definition) is 1. The molecule has 0 unspecified atom stereocenters. The smallest absolute Gasteiger partial charge is 0.303 e. The maximum atomic E-state index is 10.7. The minimum absolute atomic E-state index is 0.144. The zero-order valence-corrected chi connectivity index (χ0v) is 10.7. The molecule has 1 rings (SSSR count). The first-order valence-electron chi connectivity index (χ1n) is 4.93. The number of thiazole rings is 1. The maximum Gasteiger partial charge on any atom is 0.303 e. The summed E-state index contributed by atoms with van der Waals surface area (Å²) in [5.41, 5.74) is 0.633. The number of aromatic nitrogens is 1. The maximum absolute atomic E-state index is 10.7. The predicted octanol–water partition coefficient (Wildman–Crippen LogP) is 2.19. The molecule has 0 aromatic carbocycles. The second kappa shape index (κ2) is 7.81. The second-order valence-electron chi connectivity index (χ2n) is 2.61. The fourth-order valence-corrected chi connectivity index (χ4v) is 1.50. The number of amides is 1. The Morgan fingerprint density at radius 1 is 1.44 bits per heavy atom. The van der Waals surface area contributed by atoms with E-state index in [0.717, 1.165) is 0 Å². The first-order valence-corrected chi connectivity index (χ1v) is 5.81. The lowest BCUT2D eigenvalue weighted by Gasteiger charge is -1.97. The summed E-state index contributed by atoms with van der Waals surface area (Å²) in [6.07, 6.45) is 0. The summed E-state index contributed by atoms with van der Waals surface area (Å²) in [6, 6.07) is 0. The molecule has 0 aliphatic heterocycles. The molecule has 0 saturated carbocycles. The SMILES string of the molecule is CC.CC(=O)Nc1nc(COC(C)=O)cs1. The molecule has 1 aromatic heterocycles. The quantitative estimate of drug-likeness (QED) is 0.827. The Balaban J connectivity index is 0.00000106. The summed E-state index contributed by atoms with van der Waals surface area (Å²) in [6.45, 7) is 6.89. The standard InChI is InChI=1S/C8H10N2O3S.C2H6/c1-5(11)9-8-10-7(4-14-8)3-13-6(2)12;1-2/h4H,3H2,1-2H3,(H,9,10,11);1-2H3. The highest BCUT2D eigenvalue weighted by Crippen LogP contribution is 2.15. The molecule has 0 bridgehead atoms. The van der Waals surface area contributed by atoms with E-state index >= 15 is 0 Å². The number of rotatable bonds is 3. The monoisotopic (exact) mass is 244 g/mol. The number of nitrogens with one attached hydrogen (secondary N) is 1. The summed E-state index contributed by atoms with van der Waals surface area (Å²) in [4.78, 5) is 25.2. The highest BCUT2D eigenvalue weighted by Gasteiger charge is 2.04. The van der Waals surface area contributed by atoms with Crippen molar-refractivity contribution in [2.45, 2.75) is 34.3 Å². The van der Waals surface area contributed by atoms with Gasteiger partial charge in [-0.1, -0.05) is 13.8 Å². The third-order valence-corrected chi connectivity index (χ3v) is 2.06. The van der Waals surface area contributed by atoms with Crippen LogP contribution < -0.4 is 5.32 Å². The van der Waals surface area contributed by atoms with Crippen molar-refractivity contribution >= 4 is 28.3 Å². The van der Waals surface area contributed by atoms with Gasteiger partial charge in [0.05, 0.1) is 5.69 Å². The fourth-order valence-electron chi connectivity index (χ4n) is 0.757. The average molecular weight is 244 g/mol. The first kappa shape index (κ1) is 14.6. The Hall–Kier alpha value is -1.43. The number of anilines is 1. The molecule has 16 heavy (non-hydrogen) atoms. The Morgan fingerprint density at radius 2 is 2.06 bits per heavy atom. The van der Waals surface area contributed by atoms with Gasteiger partial charge in [0.1, 0.15) is 6.61 Å². The van der Waals surface area contributed by atoms with Crippen LogP contribution in [0.1, 0.15) is 33.4 Å². The van der Waals surface area contributed by atoms with E-state index in [2.05, 4.69) is 10.3 Å². The van der Waals surface area contributed by atoms with E-state index in [1.807, 2.05) is 13.8 Å². The Kier molecular flexibility index (Phi) is 7.11. The Bertz CT molecular complexity index is 350. The highest BCUT2D eigenvalue weighted by atomic mass is 32.1. The molecular formula is C10H16N2O3S. The minimum Gasteiger partial charge on any atom is -0.459 e. The molecule has 0 fully saturated rings. The lowest BCUT2D eigenvalue weighted by atomic mass is 10.5. The minimum atomic E-state index is -0.348. The van der Waals surface area contributed by atoms with Crippen LogP contribution in [-0.2, 0) is 20.9 Å². The van der Waals surface area contributed by atoms with Gasteiger partial charge in [-0.15, -0.1) is 11.3 Å². The highest BCUT2D eigenvalue weighted by molar-refractivity contribution is 7.13. The lowest BCUT2D eigenvalue weighted by molar-refractivity contribution is -0.142. The van der Waals surface area contributed by atoms with E-state index in [0.29, 0.717) is 10.8 Å². The van der Waals surface area contributed by atoms with Crippen LogP contribution in [0.25, 0.3) is 0 Å². The number of carbonyl (C=O) groups is 2. The van der Waals surface area contributed by atoms with Crippen LogP contribution in [-0.4, -0.2) is 16.9 Å². The topological polar surface area (TPSA) is 68.3 Å². The van der Waals surface area contributed by atoms with Gasteiger partial charge in [0.2, 0.25) is 5.91 Å². The van der Waals surface area contributed by atoms with Crippen molar-refractivity contribution in [1.29, 1.82) is 0 Å². The van der Waals surface area contributed by atoms with Crippen molar-refractivity contribution in [3.8, 4) is 0 Å². The zero-order chi connectivity index (χ0) is 12.6. The van der Waals surface area contributed by atoms with Crippen molar-refractivity contribution in [2.75, 3.05) is 5.32 Å². The van der Waals surface area contributed by atoms with Crippen LogP contribution in [0.3, 0.4) is 0 Å². The van der Waals surface area contributed by atoms with Crippen LogP contribution >= 0.6 is 11.3 Å². The molecule has 0 aliphatic carbocycles. The van der Waals surface area contributed by atoms with E-state index in [9.17, 15) is 9.59 Å². The van der Waals surface area contributed by atoms with Gasteiger partial charge in [0.15, 0.2) is 5.13 Å². The van der Waals surface area contributed by atoms with Crippen LogP contribution in [0, 0.1) is 0 Å². The average Bonchev–Trinajstić information content (AvgIpc) is 2.65. The van der Waals surface area contributed by atoms with Crippen LogP contribution in [0.15, 0.2) is 5.38 Å². The molecule has 1 heterocycles. The summed E-state index contributed by atoms with van der Waals surface area (Å²) in [7, 11) is 0. The molecule has 5 nitrogen and oxygen atoms in total. The van der Waals surface area contributed by atoms with E-state index < -0.39 is 0 Å². The molecule has 6 heteroatoms. The lowest BCUT2D eigenvalue weighted by Crippen LogP contribution is -2.05. The third kappa shape index (κ3) is 6.13. The molecule has 0 aliphatic rings. The van der Waals surface area contributed by atoms with Gasteiger partial charge in [0, 0.05) is 19.2 Å². The number of carbonyl (C=O) groups excluding carboxylic acids is 2. The van der Waals surface area contributed by atoms with Gasteiger partial charge in [-0.05, 0) is 0 Å². The van der Waals surface area contributed by atoms with Crippen molar-refractivity contribution < 1.29 is 14.3 Å². The van der Waals surface area contributed by atoms with Gasteiger partial charge in [-0.25, -0.2) is 4.98 Å².